The van der Waals surface area contributed by atoms with E-state index in [1.807, 2.05) is 24.3 Å². The number of benzene rings is 2. The molecule has 0 atom stereocenters. The highest BCUT2D eigenvalue weighted by molar-refractivity contribution is 7.90. The number of amides is 1. The van der Waals surface area contributed by atoms with E-state index in [2.05, 4.69) is 37.1 Å². The van der Waals surface area contributed by atoms with Crippen molar-refractivity contribution >= 4 is 21.9 Å². The van der Waals surface area contributed by atoms with Crippen LogP contribution in [0.3, 0.4) is 0 Å². The van der Waals surface area contributed by atoms with Crippen molar-refractivity contribution in [3.63, 3.8) is 0 Å². The lowest BCUT2D eigenvalue weighted by atomic mass is 9.68. The summed E-state index contributed by atoms with van der Waals surface area (Å²) in [5.74, 6) is 0.636. The number of carbonyl (C=O) groups is 1. The summed E-state index contributed by atoms with van der Waals surface area (Å²) in [6.45, 7) is 0.444. The molecule has 0 saturated heterocycles. The molecule has 1 aliphatic carbocycles. The zero-order valence-corrected chi connectivity index (χ0v) is 19.8. The van der Waals surface area contributed by atoms with Crippen molar-refractivity contribution in [3.8, 4) is 5.75 Å². The van der Waals surface area contributed by atoms with Crippen LogP contribution in [-0.2, 0) is 15.6 Å². The molecule has 1 amide bonds. The van der Waals surface area contributed by atoms with E-state index in [4.69, 9.17) is 4.74 Å². The number of methoxy groups -OCH3 is 1. The van der Waals surface area contributed by atoms with Crippen molar-refractivity contribution in [2.45, 2.75) is 37.1 Å². The number of para-hydroxylation sites is 1. The van der Waals surface area contributed by atoms with E-state index in [-0.39, 0.29) is 17.4 Å². The van der Waals surface area contributed by atoms with Crippen LogP contribution in [0.25, 0.3) is 0 Å². The van der Waals surface area contributed by atoms with Crippen LogP contribution in [0, 0.1) is 0 Å². The quantitative estimate of drug-likeness (QED) is 0.372. The molecule has 1 fully saturated rings. The Morgan fingerprint density at radius 3 is 2.47 bits per heavy atom. The Labute approximate surface area is 199 Å². The van der Waals surface area contributed by atoms with Crippen molar-refractivity contribution in [2.24, 2.45) is 0 Å². The van der Waals surface area contributed by atoms with Crippen molar-refractivity contribution in [1.82, 2.24) is 20.2 Å². The average molecular weight is 484 g/mol. The number of ether oxygens (including phenoxy) is 1. The summed E-state index contributed by atoms with van der Waals surface area (Å²) in [6.07, 6.45) is 4.21. The first-order valence-electron chi connectivity index (χ1n) is 11.2. The summed E-state index contributed by atoms with van der Waals surface area (Å²) in [5, 5.41) is 9.43. The van der Waals surface area contributed by atoms with Gasteiger partial charge in [0.1, 0.15) is 11.6 Å². The van der Waals surface area contributed by atoms with Crippen LogP contribution in [0.4, 0.5) is 5.82 Å². The molecule has 1 aromatic heterocycles. The molecule has 0 unspecified atom stereocenters. The van der Waals surface area contributed by atoms with Gasteiger partial charge in [0.25, 0.3) is 5.91 Å². The van der Waals surface area contributed by atoms with E-state index < -0.39 is 10.2 Å². The van der Waals surface area contributed by atoms with Gasteiger partial charge >= 0.3 is 10.2 Å². The fourth-order valence-electron chi connectivity index (χ4n) is 4.53. The number of rotatable bonds is 9. The third kappa shape index (κ3) is 5.57. The molecule has 4 rings (SSSR count). The number of hydrogen-bond donors (Lipinski definition) is 4. The van der Waals surface area contributed by atoms with Crippen LogP contribution in [0.1, 0.15) is 41.6 Å². The zero-order chi connectivity index (χ0) is 24.0. The van der Waals surface area contributed by atoms with Crippen LogP contribution >= 0.6 is 0 Å². The molecule has 34 heavy (non-hydrogen) atoms. The topological polar surface area (TPSA) is 125 Å². The van der Waals surface area contributed by atoms with Crippen LogP contribution in [-0.4, -0.2) is 44.2 Å². The maximum absolute atomic E-state index is 12.9. The first-order chi connectivity index (χ1) is 16.4. The molecule has 0 spiro atoms. The first-order valence-corrected chi connectivity index (χ1v) is 12.7. The number of nitrogens with zero attached hydrogens (tertiary/aromatic N) is 1. The smallest absolute Gasteiger partial charge is 0.300 e. The maximum Gasteiger partial charge on any atom is 0.300 e. The molecule has 4 N–H and O–H groups in total. The number of H-pyrrole nitrogens is 1. The zero-order valence-electron chi connectivity index (χ0n) is 19.0. The van der Waals surface area contributed by atoms with Gasteiger partial charge in [0, 0.05) is 24.1 Å². The van der Waals surface area contributed by atoms with Crippen molar-refractivity contribution in [2.75, 3.05) is 18.4 Å². The van der Waals surface area contributed by atoms with Gasteiger partial charge in [0.15, 0.2) is 0 Å². The summed E-state index contributed by atoms with van der Waals surface area (Å²) in [6, 6.07) is 18.5. The normalized spacial score (nSPS) is 20.4. The number of carbonyl (C=O) groups excluding carboxylic acids is 1. The van der Waals surface area contributed by atoms with Gasteiger partial charge in [-0.1, -0.05) is 42.5 Å². The summed E-state index contributed by atoms with van der Waals surface area (Å²) in [5.41, 5.74) is 1.32. The molecule has 1 aliphatic rings. The van der Waals surface area contributed by atoms with E-state index >= 15 is 0 Å². The van der Waals surface area contributed by atoms with Crippen molar-refractivity contribution in [1.29, 1.82) is 0 Å². The van der Waals surface area contributed by atoms with Gasteiger partial charge in [-0.3, -0.25) is 14.6 Å². The molecule has 1 heterocycles. The summed E-state index contributed by atoms with van der Waals surface area (Å²) >= 11 is 0. The number of anilines is 1. The monoisotopic (exact) mass is 483 g/mol. The minimum atomic E-state index is -3.73. The number of hydrogen-bond acceptors (Lipinski definition) is 5. The Morgan fingerprint density at radius 2 is 1.79 bits per heavy atom. The predicted molar refractivity (Wildman–Crippen MR) is 130 cm³/mol. The lowest BCUT2D eigenvalue weighted by molar-refractivity contribution is 0.0932. The van der Waals surface area contributed by atoms with Gasteiger partial charge in [-0.15, -0.1) is 0 Å². The number of aromatic nitrogens is 2. The Balaban J connectivity index is 1.45. The molecule has 1 saturated carbocycles. The lowest BCUT2D eigenvalue weighted by Crippen LogP contribution is -2.48. The minimum absolute atomic E-state index is 0.195. The first kappa shape index (κ1) is 23.8. The standard InChI is InChI=1S/C24H29N5O4S/c1-33-21-10-6-5-9-20(21)23(30)25-17-24(18-7-3-2-4-8-18)14-11-19(12-15-24)28-34(31,32)29-22-13-16-26-27-22/h2-10,13,16,19,28H,11-12,14-15,17H2,1H3,(H,25,30)(H2,26,27,29). The van der Waals surface area contributed by atoms with Gasteiger partial charge in [-0.05, 0) is 43.4 Å². The van der Waals surface area contributed by atoms with Crippen molar-refractivity contribution in [3.05, 3.63) is 78.0 Å². The van der Waals surface area contributed by atoms with Crippen molar-refractivity contribution < 1.29 is 17.9 Å². The number of nitrogens with one attached hydrogen (secondary N) is 4. The molecule has 9 nitrogen and oxygen atoms in total. The SMILES string of the molecule is COc1ccccc1C(=O)NCC1(c2ccccc2)CCC(NS(=O)(=O)Nc2ccn[nH]2)CC1. The van der Waals surface area contributed by atoms with E-state index in [1.165, 1.54) is 6.20 Å². The van der Waals surface area contributed by atoms with E-state index in [1.54, 1.807) is 31.4 Å². The van der Waals surface area contributed by atoms with Gasteiger partial charge in [0.05, 0.1) is 18.9 Å². The lowest BCUT2D eigenvalue weighted by Gasteiger charge is -2.41. The Hall–Kier alpha value is -3.37. The predicted octanol–water partition coefficient (Wildman–Crippen LogP) is 2.98. The van der Waals surface area contributed by atoms with Gasteiger partial charge in [-0.25, -0.2) is 0 Å². The molecule has 0 radical (unpaired) electrons. The molecule has 0 bridgehead atoms. The molecule has 180 valence electrons. The third-order valence-electron chi connectivity index (χ3n) is 6.33. The van der Waals surface area contributed by atoms with Crippen LogP contribution in [0.2, 0.25) is 0 Å². The largest absolute Gasteiger partial charge is 0.496 e. The average Bonchev–Trinajstić information content (AvgIpc) is 3.36. The Bertz CT molecular complexity index is 1190. The molecular weight excluding hydrogens is 454 g/mol. The molecule has 2 aromatic carbocycles. The molecule has 3 aromatic rings. The number of aromatic amines is 1. The summed E-state index contributed by atoms with van der Waals surface area (Å²) in [4.78, 5) is 12.9. The second-order valence-electron chi connectivity index (χ2n) is 8.50. The van der Waals surface area contributed by atoms with Gasteiger partial charge in [0.2, 0.25) is 0 Å². The summed E-state index contributed by atoms with van der Waals surface area (Å²) in [7, 11) is -2.19. The molecular formula is C24H29N5O4S. The minimum Gasteiger partial charge on any atom is -0.496 e. The molecule has 0 aliphatic heterocycles. The molecule has 10 heteroatoms. The fraction of sp³-hybridized carbons (Fsp3) is 0.333. The fourth-order valence-corrected chi connectivity index (χ4v) is 5.67. The second-order valence-corrected chi connectivity index (χ2v) is 9.94. The highest BCUT2D eigenvalue weighted by Gasteiger charge is 2.38. The highest BCUT2D eigenvalue weighted by Crippen LogP contribution is 2.39. The van der Waals surface area contributed by atoms with E-state index in [0.717, 1.165) is 18.4 Å². The van der Waals surface area contributed by atoms with Crippen LogP contribution in [0.15, 0.2) is 66.9 Å². The Kier molecular flexibility index (Phi) is 7.18. The third-order valence-corrected chi connectivity index (χ3v) is 7.47. The van der Waals surface area contributed by atoms with E-state index in [9.17, 15) is 13.2 Å². The summed E-state index contributed by atoms with van der Waals surface area (Å²) < 4.78 is 35.5. The van der Waals surface area contributed by atoms with Gasteiger partial charge < -0.3 is 10.1 Å². The van der Waals surface area contributed by atoms with Gasteiger partial charge in [-0.2, -0.15) is 18.2 Å². The van der Waals surface area contributed by atoms with Crippen LogP contribution < -0.4 is 19.5 Å². The van der Waals surface area contributed by atoms with Crippen LogP contribution in [0.5, 0.6) is 5.75 Å². The maximum atomic E-state index is 12.9. The second kappa shape index (κ2) is 10.3. The Morgan fingerprint density at radius 1 is 1.09 bits per heavy atom. The highest BCUT2D eigenvalue weighted by atomic mass is 32.2. The van der Waals surface area contributed by atoms with E-state index in [0.29, 0.717) is 36.5 Å².